The molecular formula is C17H31N3O4. The van der Waals surface area contributed by atoms with Gasteiger partial charge in [-0.25, -0.2) is 4.79 Å². The molecule has 0 aliphatic carbocycles. The van der Waals surface area contributed by atoms with Gasteiger partial charge in [-0.1, -0.05) is 41.0 Å². The second-order valence-corrected chi connectivity index (χ2v) is 7.75. The van der Waals surface area contributed by atoms with E-state index in [4.69, 9.17) is 5.73 Å². The molecule has 2 amide bonds. The summed E-state index contributed by atoms with van der Waals surface area (Å²) in [6.07, 6.45) is 2.02. The van der Waals surface area contributed by atoms with E-state index in [0.29, 0.717) is 19.4 Å². The monoisotopic (exact) mass is 341 g/mol. The number of nitrogens with one attached hydrogen (secondary N) is 1. The number of amides is 2. The number of likely N-dealkylation sites (tertiary alicyclic amines) is 1. The third-order valence-electron chi connectivity index (χ3n) is 4.78. The van der Waals surface area contributed by atoms with Crippen molar-refractivity contribution in [1.82, 2.24) is 10.2 Å². The van der Waals surface area contributed by atoms with Gasteiger partial charge in [0.1, 0.15) is 12.1 Å². The molecule has 138 valence electrons. The number of nitrogens with zero attached hydrogens (tertiary/aromatic N) is 1. The minimum Gasteiger partial charge on any atom is -0.480 e. The molecule has 0 aromatic carbocycles. The van der Waals surface area contributed by atoms with Gasteiger partial charge in [0, 0.05) is 6.54 Å². The van der Waals surface area contributed by atoms with Crippen molar-refractivity contribution in [2.24, 2.45) is 17.1 Å². The Kier molecular flexibility index (Phi) is 6.77. The first kappa shape index (κ1) is 20.4. The van der Waals surface area contributed by atoms with Gasteiger partial charge in [0.15, 0.2) is 0 Å². The van der Waals surface area contributed by atoms with E-state index in [9.17, 15) is 19.5 Å². The van der Waals surface area contributed by atoms with Gasteiger partial charge < -0.3 is 21.1 Å². The van der Waals surface area contributed by atoms with Crippen LogP contribution in [0.2, 0.25) is 0 Å². The zero-order valence-corrected chi connectivity index (χ0v) is 15.3. The van der Waals surface area contributed by atoms with Crippen LogP contribution in [0.3, 0.4) is 0 Å². The smallest absolute Gasteiger partial charge is 0.326 e. The molecule has 0 aromatic heterocycles. The molecule has 1 saturated heterocycles. The Morgan fingerprint density at radius 1 is 1.33 bits per heavy atom. The Hall–Kier alpha value is -1.63. The number of carbonyl (C=O) groups is 3. The van der Waals surface area contributed by atoms with Gasteiger partial charge in [-0.15, -0.1) is 0 Å². The number of hydrogen-bond acceptors (Lipinski definition) is 4. The second kappa shape index (κ2) is 7.96. The zero-order valence-electron chi connectivity index (χ0n) is 15.3. The average Bonchev–Trinajstić information content (AvgIpc) is 2.98. The number of hydrogen-bond donors (Lipinski definition) is 3. The predicted molar refractivity (Wildman–Crippen MR) is 91.2 cm³/mol. The lowest BCUT2D eigenvalue weighted by molar-refractivity contribution is -0.146. The Morgan fingerprint density at radius 2 is 1.92 bits per heavy atom. The minimum absolute atomic E-state index is 0.0307. The quantitative estimate of drug-likeness (QED) is 0.666. The molecule has 24 heavy (non-hydrogen) atoms. The zero-order chi connectivity index (χ0) is 18.7. The summed E-state index contributed by atoms with van der Waals surface area (Å²) in [4.78, 5) is 38.1. The van der Waals surface area contributed by atoms with Crippen LogP contribution in [0.15, 0.2) is 0 Å². The maximum absolute atomic E-state index is 12.6. The van der Waals surface area contributed by atoms with Crippen LogP contribution in [0.5, 0.6) is 0 Å². The summed E-state index contributed by atoms with van der Waals surface area (Å²) in [5, 5.41) is 11.9. The fourth-order valence-corrected chi connectivity index (χ4v) is 2.88. The maximum Gasteiger partial charge on any atom is 0.326 e. The predicted octanol–water partition coefficient (Wildman–Crippen LogP) is 0.966. The van der Waals surface area contributed by atoms with E-state index in [2.05, 4.69) is 5.32 Å². The number of rotatable bonds is 6. The first-order chi connectivity index (χ1) is 11.0. The van der Waals surface area contributed by atoms with Crippen LogP contribution >= 0.6 is 0 Å². The third-order valence-corrected chi connectivity index (χ3v) is 4.78. The topological polar surface area (TPSA) is 113 Å². The molecular weight excluding hydrogens is 310 g/mol. The molecule has 0 unspecified atom stereocenters. The van der Waals surface area contributed by atoms with E-state index in [1.807, 2.05) is 13.8 Å². The molecule has 0 aromatic rings. The molecule has 4 atom stereocenters. The number of carboxylic acids is 1. The number of aliphatic carboxylic acids is 1. The number of carboxylic acid groups (broad SMARTS) is 1. The SMILES string of the molecule is CC[C@H](C)[C@H](N)C(=O)N1CCC[C@H]1C(=O)N[C@H](C(=O)O)C(C)(C)C. The molecule has 1 aliphatic rings. The third kappa shape index (κ3) is 4.69. The summed E-state index contributed by atoms with van der Waals surface area (Å²) < 4.78 is 0. The molecule has 7 nitrogen and oxygen atoms in total. The van der Waals surface area contributed by atoms with Crippen LogP contribution in [0.1, 0.15) is 53.9 Å². The molecule has 7 heteroatoms. The molecule has 0 radical (unpaired) electrons. The Balaban J connectivity index is 2.86. The van der Waals surface area contributed by atoms with Crippen molar-refractivity contribution in [3.63, 3.8) is 0 Å². The summed E-state index contributed by atoms with van der Waals surface area (Å²) >= 11 is 0. The van der Waals surface area contributed by atoms with E-state index in [1.54, 1.807) is 20.8 Å². The van der Waals surface area contributed by atoms with Crippen molar-refractivity contribution < 1.29 is 19.5 Å². The van der Waals surface area contributed by atoms with Crippen LogP contribution < -0.4 is 11.1 Å². The normalized spacial score (nSPS) is 21.9. The van der Waals surface area contributed by atoms with Gasteiger partial charge >= 0.3 is 5.97 Å². The lowest BCUT2D eigenvalue weighted by atomic mass is 9.86. The molecule has 4 N–H and O–H groups in total. The highest BCUT2D eigenvalue weighted by molar-refractivity contribution is 5.92. The Morgan fingerprint density at radius 3 is 2.38 bits per heavy atom. The fourth-order valence-electron chi connectivity index (χ4n) is 2.88. The highest BCUT2D eigenvalue weighted by atomic mass is 16.4. The van der Waals surface area contributed by atoms with Crippen molar-refractivity contribution in [2.45, 2.75) is 72.0 Å². The van der Waals surface area contributed by atoms with E-state index in [-0.39, 0.29) is 11.8 Å². The first-order valence-corrected chi connectivity index (χ1v) is 8.60. The second-order valence-electron chi connectivity index (χ2n) is 7.75. The molecule has 1 aliphatic heterocycles. The van der Waals surface area contributed by atoms with Gasteiger partial charge in [0.2, 0.25) is 11.8 Å². The summed E-state index contributed by atoms with van der Waals surface area (Å²) in [6.45, 7) is 9.61. The van der Waals surface area contributed by atoms with Crippen molar-refractivity contribution in [2.75, 3.05) is 6.54 Å². The van der Waals surface area contributed by atoms with Crippen molar-refractivity contribution in [3.05, 3.63) is 0 Å². The standard InChI is InChI=1S/C17H31N3O4/c1-6-10(2)12(18)15(22)20-9-7-8-11(20)14(21)19-13(16(23)24)17(3,4)5/h10-13H,6-9,18H2,1-5H3,(H,19,21)(H,23,24)/t10-,11-,12-,13+/m0/s1. The van der Waals surface area contributed by atoms with Crippen LogP contribution in [-0.2, 0) is 14.4 Å². The molecule has 1 rings (SSSR count). The van der Waals surface area contributed by atoms with Crippen LogP contribution in [0, 0.1) is 11.3 Å². The van der Waals surface area contributed by atoms with Gasteiger partial charge in [-0.3, -0.25) is 9.59 Å². The molecule has 1 fully saturated rings. The van der Waals surface area contributed by atoms with Gasteiger partial charge in [0.25, 0.3) is 0 Å². The fraction of sp³-hybridized carbons (Fsp3) is 0.824. The van der Waals surface area contributed by atoms with Crippen LogP contribution in [-0.4, -0.2) is 52.5 Å². The lowest BCUT2D eigenvalue weighted by Crippen LogP contribution is -2.57. The number of carbonyl (C=O) groups excluding carboxylic acids is 2. The Bertz CT molecular complexity index is 487. The van der Waals surface area contributed by atoms with Crippen LogP contribution in [0.4, 0.5) is 0 Å². The van der Waals surface area contributed by atoms with E-state index in [0.717, 1.165) is 6.42 Å². The van der Waals surface area contributed by atoms with Gasteiger partial charge in [0.05, 0.1) is 6.04 Å². The van der Waals surface area contributed by atoms with Crippen LogP contribution in [0.25, 0.3) is 0 Å². The molecule has 0 saturated carbocycles. The molecule has 0 spiro atoms. The largest absolute Gasteiger partial charge is 0.480 e. The van der Waals surface area contributed by atoms with Crippen molar-refractivity contribution in [3.8, 4) is 0 Å². The van der Waals surface area contributed by atoms with Crippen molar-refractivity contribution in [1.29, 1.82) is 0 Å². The van der Waals surface area contributed by atoms with E-state index < -0.39 is 35.4 Å². The Labute approximate surface area is 144 Å². The maximum atomic E-state index is 12.6. The summed E-state index contributed by atoms with van der Waals surface area (Å²) in [6, 6.07) is -2.29. The number of nitrogens with two attached hydrogens (primary N) is 1. The minimum atomic E-state index is -1.08. The highest BCUT2D eigenvalue weighted by Crippen LogP contribution is 2.23. The molecule has 1 heterocycles. The van der Waals surface area contributed by atoms with Gasteiger partial charge in [-0.05, 0) is 24.2 Å². The highest BCUT2D eigenvalue weighted by Gasteiger charge is 2.40. The van der Waals surface area contributed by atoms with Crippen molar-refractivity contribution >= 4 is 17.8 Å². The average molecular weight is 341 g/mol. The van der Waals surface area contributed by atoms with Gasteiger partial charge in [-0.2, -0.15) is 0 Å². The van der Waals surface area contributed by atoms with E-state index in [1.165, 1.54) is 4.90 Å². The lowest BCUT2D eigenvalue weighted by Gasteiger charge is -2.32. The molecule has 0 bridgehead atoms. The summed E-state index contributed by atoms with van der Waals surface area (Å²) in [5.41, 5.74) is 5.39. The summed E-state index contributed by atoms with van der Waals surface area (Å²) in [7, 11) is 0. The first-order valence-electron chi connectivity index (χ1n) is 8.60. The summed E-state index contributed by atoms with van der Waals surface area (Å²) in [5.74, 6) is -1.70. The van der Waals surface area contributed by atoms with E-state index >= 15 is 0 Å².